The van der Waals surface area contributed by atoms with Crippen molar-refractivity contribution in [3.05, 3.63) is 48.3 Å². The number of aryl methyl sites for hydroxylation is 2. The van der Waals surface area contributed by atoms with Crippen LogP contribution in [0.2, 0.25) is 0 Å². The monoisotopic (exact) mass is 258 g/mol. The normalized spacial score (nSPS) is 12.5. The SMILES string of the molecule is CCNC(CCc1nccn1C)Cc1cccnc1. The van der Waals surface area contributed by atoms with Gasteiger partial charge in [-0.05, 0) is 31.0 Å². The van der Waals surface area contributed by atoms with Crippen LogP contribution < -0.4 is 5.32 Å². The van der Waals surface area contributed by atoms with Gasteiger partial charge < -0.3 is 9.88 Å². The Morgan fingerprint density at radius 3 is 2.89 bits per heavy atom. The smallest absolute Gasteiger partial charge is 0.108 e. The highest BCUT2D eigenvalue weighted by Crippen LogP contribution is 2.08. The van der Waals surface area contributed by atoms with Gasteiger partial charge in [0.1, 0.15) is 5.82 Å². The molecule has 2 aromatic rings. The molecule has 0 aromatic carbocycles. The van der Waals surface area contributed by atoms with Gasteiger partial charge in [-0.1, -0.05) is 13.0 Å². The Balaban J connectivity index is 1.91. The van der Waals surface area contributed by atoms with Gasteiger partial charge in [-0.25, -0.2) is 4.98 Å². The maximum atomic E-state index is 4.38. The summed E-state index contributed by atoms with van der Waals surface area (Å²) in [6, 6.07) is 4.61. The molecule has 1 atom stereocenters. The zero-order valence-corrected chi connectivity index (χ0v) is 11.7. The van der Waals surface area contributed by atoms with Crippen LogP contribution in [0.4, 0.5) is 0 Å². The largest absolute Gasteiger partial charge is 0.338 e. The van der Waals surface area contributed by atoms with Crippen molar-refractivity contribution in [2.24, 2.45) is 7.05 Å². The summed E-state index contributed by atoms with van der Waals surface area (Å²) < 4.78 is 2.09. The molecule has 2 heterocycles. The second-order valence-corrected chi connectivity index (χ2v) is 4.81. The Morgan fingerprint density at radius 1 is 1.37 bits per heavy atom. The molecule has 0 fully saturated rings. The molecule has 19 heavy (non-hydrogen) atoms. The maximum absolute atomic E-state index is 4.38. The highest BCUT2D eigenvalue weighted by atomic mass is 15.0. The van der Waals surface area contributed by atoms with Crippen LogP contribution in [0.15, 0.2) is 36.9 Å². The van der Waals surface area contributed by atoms with Crippen molar-refractivity contribution in [2.45, 2.75) is 32.2 Å². The molecule has 0 aliphatic heterocycles. The highest BCUT2D eigenvalue weighted by Gasteiger charge is 2.10. The molecule has 102 valence electrons. The number of aromatic nitrogens is 3. The van der Waals surface area contributed by atoms with E-state index in [1.54, 1.807) is 0 Å². The lowest BCUT2D eigenvalue weighted by molar-refractivity contribution is 0.483. The van der Waals surface area contributed by atoms with E-state index >= 15 is 0 Å². The van der Waals surface area contributed by atoms with Gasteiger partial charge >= 0.3 is 0 Å². The summed E-state index contributed by atoms with van der Waals surface area (Å²) in [5, 5.41) is 3.55. The summed E-state index contributed by atoms with van der Waals surface area (Å²) in [4.78, 5) is 8.56. The molecule has 0 saturated carbocycles. The summed E-state index contributed by atoms with van der Waals surface area (Å²) in [6.45, 7) is 3.14. The van der Waals surface area contributed by atoms with E-state index in [-0.39, 0.29) is 0 Å². The molecule has 1 N–H and O–H groups in total. The van der Waals surface area contributed by atoms with Crippen molar-refractivity contribution < 1.29 is 0 Å². The minimum atomic E-state index is 0.478. The lowest BCUT2D eigenvalue weighted by Gasteiger charge is -2.17. The van der Waals surface area contributed by atoms with Gasteiger partial charge in [0, 0.05) is 44.3 Å². The topological polar surface area (TPSA) is 42.7 Å². The summed E-state index contributed by atoms with van der Waals surface area (Å²) in [6.07, 6.45) is 10.7. The van der Waals surface area contributed by atoms with Gasteiger partial charge in [0.2, 0.25) is 0 Å². The molecule has 1 unspecified atom stereocenters. The first kappa shape index (κ1) is 13.7. The number of hydrogen-bond acceptors (Lipinski definition) is 3. The molecule has 0 bridgehead atoms. The number of pyridine rings is 1. The fraction of sp³-hybridized carbons (Fsp3) is 0.467. The Morgan fingerprint density at radius 2 is 2.26 bits per heavy atom. The average Bonchev–Trinajstić information content (AvgIpc) is 2.83. The summed E-state index contributed by atoms with van der Waals surface area (Å²) >= 11 is 0. The molecule has 0 radical (unpaired) electrons. The Bertz CT molecular complexity index is 478. The van der Waals surface area contributed by atoms with Crippen LogP contribution in [-0.4, -0.2) is 27.1 Å². The van der Waals surface area contributed by atoms with Gasteiger partial charge in [0.25, 0.3) is 0 Å². The van der Waals surface area contributed by atoms with E-state index < -0.39 is 0 Å². The van der Waals surface area contributed by atoms with Gasteiger partial charge in [0.05, 0.1) is 0 Å². The fourth-order valence-corrected chi connectivity index (χ4v) is 2.31. The lowest BCUT2D eigenvalue weighted by atomic mass is 10.0. The van der Waals surface area contributed by atoms with Gasteiger partial charge in [0.15, 0.2) is 0 Å². The number of rotatable bonds is 7. The number of nitrogens with zero attached hydrogens (tertiary/aromatic N) is 3. The van der Waals surface area contributed by atoms with E-state index in [0.717, 1.165) is 31.6 Å². The van der Waals surface area contributed by atoms with Crippen molar-refractivity contribution in [3.8, 4) is 0 Å². The van der Waals surface area contributed by atoms with Gasteiger partial charge in [-0.15, -0.1) is 0 Å². The van der Waals surface area contributed by atoms with E-state index in [0.29, 0.717) is 6.04 Å². The molecule has 0 saturated heterocycles. The molecule has 4 nitrogen and oxygen atoms in total. The maximum Gasteiger partial charge on any atom is 0.108 e. The molecule has 0 amide bonds. The van der Waals surface area contributed by atoms with Crippen LogP contribution >= 0.6 is 0 Å². The quantitative estimate of drug-likeness (QED) is 0.825. The number of imidazole rings is 1. The van der Waals surface area contributed by atoms with Crippen LogP contribution in [0.25, 0.3) is 0 Å². The second kappa shape index (κ2) is 7.04. The van der Waals surface area contributed by atoms with Crippen LogP contribution in [0.3, 0.4) is 0 Å². The minimum absolute atomic E-state index is 0.478. The predicted octanol–water partition coefficient (Wildman–Crippen LogP) is 1.97. The molecule has 0 spiro atoms. The van der Waals surface area contributed by atoms with E-state index in [4.69, 9.17) is 0 Å². The molecule has 2 aromatic heterocycles. The summed E-state index contributed by atoms with van der Waals surface area (Å²) in [7, 11) is 2.05. The summed E-state index contributed by atoms with van der Waals surface area (Å²) in [5.74, 6) is 1.15. The first-order valence-corrected chi connectivity index (χ1v) is 6.88. The third kappa shape index (κ3) is 4.17. The first-order chi connectivity index (χ1) is 9.29. The summed E-state index contributed by atoms with van der Waals surface area (Å²) in [5.41, 5.74) is 1.29. The van der Waals surface area contributed by atoms with Crippen molar-refractivity contribution in [2.75, 3.05) is 6.54 Å². The first-order valence-electron chi connectivity index (χ1n) is 6.88. The average molecular weight is 258 g/mol. The Kier molecular flexibility index (Phi) is 5.10. The van der Waals surface area contributed by atoms with Gasteiger partial charge in [-0.3, -0.25) is 4.98 Å². The van der Waals surface area contributed by atoms with E-state index in [9.17, 15) is 0 Å². The predicted molar refractivity (Wildman–Crippen MR) is 76.9 cm³/mol. The van der Waals surface area contributed by atoms with Crippen molar-refractivity contribution in [3.63, 3.8) is 0 Å². The molecule has 4 heteroatoms. The Labute approximate surface area is 114 Å². The molecular formula is C15H22N4. The molecule has 0 aliphatic carbocycles. The van der Waals surface area contributed by atoms with Crippen LogP contribution in [0, 0.1) is 0 Å². The van der Waals surface area contributed by atoms with Crippen LogP contribution in [-0.2, 0) is 19.9 Å². The highest BCUT2D eigenvalue weighted by molar-refractivity contribution is 5.10. The van der Waals surface area contributed by atoms with Gasteiger partial charge in [-0.2, -0.15) is 0 Å². The third-order valence-electron chi connectivity index (χ3n) is 3.34. The minimum Gasteiger partial charge on any atom is -0.338 e. The lowest BCUT2D eigenvalue weighted by Crippen LogP contribution is -2.31. The number of nitrogens with one attached hydrogen (secondary N) is 1. The zero-order chi connectivity index (χ0) is 13.5. The second-order valence-electron chi connectivity index (χ2n) is 4.81. The van der Waals surface area contributed by atoms with Crippen molar-refractivity contribution >= 4 is 0 Å². The number of likely N-dealkylation sites (N-methyl/N-ethyl adjacent to an activating group) is 1. The van der Waals surface area contributed by atoms with E-state index in [1.165, 1.54) is 5.56 Å². The Hall–Kier alpha value is -1.68. The number of hydrogen-bond donors (Lipinski definition) is 1. The van der Waals surface area contributed by atoms with Crippen LogP contribution in [0.5, 0.6) is 0 Å². The molecular weight excluding hydrogens is 236 g/mol. The molecule has 0 aliphatic rings. The standard InChI is InChI=1S/C15H22N4/c1-3-17-14(11-13-5-4-8-16-12-13)6-7-15-18-9-10-19(15)2/h4-5,8-10,12,14,17H,3,6-7,11H2,1-2H3. The van der Waals surface area contributed by atoms with Crippen molar-refractivity contribution in [1.29, 1.82) is 0 Å². The van der Waals surface area contributed by atoms with E-state index in [2.05, 4.69) is 32.8 Å². The fourth-order valence-electron chi connectivity index (χ4n) is 2.31. The third-order valence-corrected chi connectivity index (χ3v) is 3.34. The van der Waals surface area contributed by atoms with Crippen molar-refractivity contribution in [1.82, 2.24) is 19.9 Å². The zero-order valence-electron chi connectivity index (χ0n) is 11.7. The van der Waals surface area contributed by atoms with Crippen LogP contribution in [0.1, 0.15) is 24.7 Å². The molecule has 2 rings (SSSR count). The van der Waals surface area contributed by atoms with E-state index in [1.807, 2.05) is 37.9 Å².